The lowest BCUT2D eigenvalue weighted by molar-refractivity contribution is -0.386. The molecular weight excluding hydrogens is 326 g/mol. The summed E-state index contributed by atoms with van der Waals surface area (Å²) in [7, 11) is 1.32. The zero-order valence-electron chi connectivity index (χ0n) is 13.5. The summed E-state index contributed by atoms with van der Waals surface area (Å²) in [6.07, 6.45) is 4.14. The van der Waals surface area contributed by atoms with Crippen molar-refractivity contribution in [1.29, 1.82) is 0 Å². The molecule has 0 spiro atoms. The Morgan fingerprint density at radius 3 is 2.80 bits per heavy atom. The zero-order valence-corrected chi connectivity index (χ0v) is 13.5. The molecule has 0 unspecified atom stereocenters. The number of nitrogens with zero attached hydrogens (tertiary/aromatic N) is 2. The molecular formula is C17H17N3O5. The summed E-state index contributed by atoms with van der Waals surface area (Å²) in [4.78, 5) is 25.8. The van der Waals surface area contributed by atoms with Crippen LogP contribution in [0, 0.1) is 10.1 Å². The molecule has 0 atom stereocenters. The van der Waals surface area contributed by atoms with Gasteiger partial charge in [0.05, 0.1) is 12.0 Å². The molecule has 1 aromatic heterocycles. The second-order valence-electron chi connectivity index (χ2n) is 4.90. The number of amides is 1. The molecule has 0 saturated carbocycles. The fraction of sp³-hybridized carbons (Fsp3) is 0.176. The number of carbonyl (C=O) groups excluding carboxylic acids is 1. The molecule has 0 radical (unpaired) electrons. The van der Waals surface area contributed by atoms with Crippen LogP contribution in [0.5, 0.6) is 5.88 Å². The molecule has 130 valence electrons. The van der Waals surface area contributed by atoms with Gasteiger partial charge in [-0.1, -0.05) is 42.5 Å². The van der Waals surface area contributed by atoms with Crippen molar-refractivity contribution in [2.45, 2.75) is 6.61 Å². The Morgan fingerprint density at radius 2 is 2.12 bits per heavy atom. The fourth-order valence-electron chi connectivity index (χ4n) is 1.95. The van der Waals surface area contributed by atoms with Crippen LogP contribution in [0.2, 0.25) is 0 Å². The standard InChI is InChI=1S/C17H17N3O5/c1-24-16-15(20(22)23)10-14(11-19-16)8-5-9-18-17(21)25-12-13-6-3-2-4-7-13/h2-8,10-11H,9,12H2,1H3,(H,18,21). The molecule has 1 heterocycles. The van der Waals surface area contributed by atoms with Gasteiger partial charge in [0.15, 0.2) is 0 Å². The van der Waals surface area contributed by atoms with Crippen LogP contribution in [0.25, 0.3) is 6.08 Å². The summed E-state index contributed by atoms with van der Waals surface area (Å²) < 4.78 is 9.89. The molecule has 8 heteroatoms. The van der Waals surface area contributed by atoms with Gasteiger partial charge in [0.1, 0.15) is 6.61 Å². The van der Waals surface area contributed by atoms with Gasteiger partial charge in [0, 0.05) is 18.8 Å². The number of nitro groups is 1. The molecule has 25 heavy (non-hydrogen) atoms. The van der Waals surface area contributed by atoms with E-state index in [0.29, 0.717) is 5.56 Å². The van der Waals surface area contributed by atoms with Crippen LogP contribution in [0.3, 0.4) is 0 Å². The number of pyridine rings is 1. The van der Waals surface area contributed by atoms with Crippen molar-refractivity contribution in [2.24, 2.45) is 0 Å². The van der Waals surface area contributed by atoms with E-state index in [1.54, 1.807) is 12.2 Å². The van der Waals surface area contributed by atoms with Crippen molar-refractivity contribution in [3.8, 4) is 5.88 Å². The normalized spacial score (nSPS) is 10.4. The van der Waals surface area contributed by atoms with Crippen LogP contribution in [0.15, 0.2) is 48.7 Å². The first kappa shape index (κ1) is 17.9. The number of hydrogen-bond acceptors (Lipinski definition) is 6. The van der Waals surface area contributed by atoms with Gasteiger partial charge in [0.25, 0.3) is 5.88 Å². The second kappa shape index (κ2) is 9.02. The van der Waals surface area contributed by atoms with Gasteiger partial charge in [-0.15, -0.1) is 0 Å². The summed E-state index contributed by atoms with van der Waals surface area (Å²) >= 11 is 0. The minimum atomic E-state index is -0.567. The van der Waals surface area contributed by atoms with Gasteiger partial charge in [-0.2, -0.15) is 0 Å². The second-order valence-corrected chi connectivity index (χ2v) is 4.90. The highest BCUT2D eigenvalue weighted by atomic mass is 16.6. The molecule has 1 N–H and O–H groups in total. The lowest BCUT2D eigenvalue weighted by Gasteiger charge is -2.05. The average molecular weight is 343 g/mol. The first-order valence-corrected chi connectivity index (χ1v) is 7.39. The largest absolute Gasteiger partial charge is 0.476 e. The third kappa shape index (κ3) is 5.61. The number of benzene rings is 1. The van der Waals surface area contributed by atoms with E-state index in [9.17, 15) is 14.9 Å². The molecule has 0 aliphatic heterocycles. The molecule has 8 nitrogen and oxygen atoms in total. The number of methoxy groups -OCH3 is 1. The number of nitrogens with one attached hydrogen (secondary N) is 1. The molecule has 2 aromatic rings. The lowest BCUT2D eigenvalue weighted by atomic mass is 10.2. The Morgan fingerprint density at radius 1 is 1.36 bits per heavy atom. The van der Waals surface area contributed by atoms with E-state index in [0.717, 1.165) is 5.56 Å². The van der Waals surface area contributed by atoms with Gasteiger partial charge < -0.3 is 14.8 Å². The lowest BCUT2D eigenvalue weighted by Crippen LogP contribution is -2.24. The number of ether oxygens (including phenoxy) is 2. The molecule has 2 rings (SSSR count). The Labute approximate surface area is 144 Å². The minimum absolute atomic E-state index is 0.0511. The number of rotatable bonds is 7. The highest BCUT2D eigenvalue weighted by molar-refractivity contribution is 5.67. The van der Waals surface area contributed by atoms with Crippen LogP contribution in [0.4, 0.5) is 10.5 Å². The van der Waals surface area contributed by atoms with E-state index >= 15 is 0 Å². The van der Waals surface area contributed by atoms with Gasteiger partial charge in [-0.05, 0) is 11.1 Å². The van der Waals surface area contributed by atoms with Crippen LogP contribution in [-0.4, -0.2) is 29.7 Å². The third-order valence-electron chi connectivity index (χ3n) is 3.13. The van der Waals surface area contributed by atoms with E-state index < -0.39 is 11.0 Å². The average Bonchev–Trinajstić information content (AvgIpc) is 2.64. The van der Waals surface area contributed by atoms with Gasteiger partial charge in [-0.25, -0.2) is 9.78 Å². The molecule has 0 aliphatic carbocycles. The molecule has 1 amide bonds. The van der Waals surface area contributed by atoms with Crippen LogP contribution < -0.4 is 10.1 Å². The Hall–Kier alpha value is -3.42. The maximum Gasteiger partial charge on any atom is 0.407 e. The summed E-state index contributed by atoms with van der Waals surface area (Å²) in [5.41, 5.74) is 1.19. The highest BCUT2D eigenvalue weighted by Crippen LogP contribution is 2.24. The number of carbonyl (C=O) groups is 1. The van der Waals surface area contributed by atoms with Crippen molar-refractivity contribution in [2.75, 3.05) is 13.7 Å². The van der Waals surface area contributed by atoms with E-state index in [1.165, 1.54) is 19.4 Å². The van der Waals surface area contributed by atoms with Crippen molar-refractivity contribution < 1.29 is 19.2 Å². The first-order valence-electron chi connectivity index (χ1n) is 7.39. The van der Waals surface area contributed by atoms with Crippen molar-refractivity contribution in [1.82, 2.24) is 10.3 Å². The minimum Gasteiger partial charge on any atom is -0.476 e. The first-order chi connectivity index (χ1) is 12.1. The predicted molar refractivity (Wildman–Crippen MR) is 91.1 cm³/mol. The maximum atomic E-state index is 11.6. The summed E-state index contributed by atoms with van der Waals surface area (Å²) in [5.74, 6) is -0.0511. The highest BCUT2D eigenvalue weighted by Gasteiger charge is 2.16. The van der Waals surface area contributed by atoms with Crippen LogP contribution in [-0.2, 0) is 11.3 Å². The number of alkyl carbamates (subject to hydrolysis) is 1. The predicted octanol–water partition coefficient (Wildman–Crippen LogP) is 2.94. The Balaban J connectivity index is 1.81. The van der Waals surface area contributed by atoms with E-state index in [4.69, 9.17) is 9.47 Å². The fourth-order valence-corrected chi connectivity index (χ4v) is 1.95. The Bertz CT molecular complexity index is 762. The third-order valence-corrected chi connectivity index (χ3v) is 3.13. The van der Waals surface area contributed by atoms with E-state index in [2.05, 4.69) is 10.3 Å². The molecule has 0 saturated heterocycles. The Kier molecular flexibility index (Phi) is 6.47. The van der Waals surface area contributed by atoms with Gasteiger partial charge >= 0.3 is 11.8 Å². The zero-order chi connectivity index (χ0) is 18.1. The monoisotopic (exact) mass is 343 g/mol. The van der Waals surface area contributed by atoms with Crippen molar-refractivity contribution >= 4 is 17.9 Å². The van der Waals surface area contributed by atoms with E-state index in [1.807, 2.05) is 30.3 Å². The quantitative estimate of drug-likeness (QED) is 0.612. The topological polar surface area (TPSA) is 104 Å². The van der Waals surface area contributed by atoms with Gasteiger partial charge in [0.2, 0.25) is 0 Å². The van der Waals surface area contributed by atoms with Crippen LogP contribution in [0.1, 0.15) is 11.1 Å². The maximum absolute atomic E-state index is 11.6. The van der Waals surface area contributed by atoms with Gasteiger partial charge in [-0.3, -0.25) is 10.1 Å². The smallest absolute Gasteiger partial charge is 0.407 e. The molecule has 1 aromatic carbocycles. The van der Waals surface area contributed by atoms with Crippen LogP contribution >= 0.6 is 0 Å². The number of aromatic nitrogens is 1. The summed E-state index contributed by atoms with van der Waals surface area (Å²) in [6.45, 7) is 0.401. The molecule has 0 fully saturated rings. The van der Waals surface area contributed by atoms with Crippen molar-refractivity contribution in [3.63, 3.8) is 0 Å². The molecule has 0 aliphatic rings. The summed E-state index contributed by atoms with van der Waals surface area (Å²) in [5, 5.41) is 13.5. The molecule has 0 bridgehead atoms. The van der Waals surface area contributed by atoms with E-state index in [-0.39, 0.29) is 24.7 Å². The summed E-state index contributed by atoms with van der Waals surface area (Å²) in [6, 6.07) is 10.7. The SMILES string of the molecule is COc1ncc(C=CCNC(=O)OCc2ccccc2)cc1[N+](=O)[O-]. The van der Waals surface area contributed by atoms with Crippen molar-refractivity contribution in [3.05, 3.63) is 69.9 Å². The number of hydrogen-bond donors (Lipinski definition) is 1.